The van der Waals surface area contributed by atoms with E-state index in [1.54, 1.807) is 18.3 Å². The van der Waals surface area contributed by atoms with Gasteiger partial charge in [-0.1, -0.05) is 0 Å². The molecule has 0 saturated carbocycles. The monoisotopic (exact) mass is 546 g/mol. The molecule has 0 fully saturated rings. The third-order valence-electron chi connectivity index (χ3n) is 4.37. The maximum atomic E-state index is 10.8. The molecule has 8 heteroatoms. The Morgan fingerprint density at radius 2 is 1.66 bits per heavy atom. The lowest BCUT2D eigenvalue weighted by atomic mass is 10.2. The molecular weight excluding hydrogens is 523 g/mol. The number of aliphatic imine (C=N–C) groups is 1. The lowest BCUT2D eigenvalue weighted by Gasteiger charge is -2.14. The molecule has 166 valence electrons. The minimum atomic E-state index is -0.422. The van der Waals surface area contributed by atoms with Crippen LogP contribution in [0.5, 0.6) is 17.2 Å². The van der Waals surface area contributed by atoms with Crippen LogP contribution >= 0.6 is 22.6 Å². The molecule has 0 aliphatic rings. The first-order valence-corrected chi connectivity index (χ1v) is 11.2. The SMILES string of the molecule is CCOc1ccc(N=Cc2cc(I)c(OCc3ccc([N+](=O)[O-])cc3)c(OCC)c2)cc1. The normalized spacial score (nSPS) is 10.8. The number of nitro benzene ring substituents is 1. The number of rotatable bonds is 10. The van der Waals surface area contributed by atoms with E-state index >= 15 is 0 Å². The van der Waals surface area contributed by atoms with Crippen molar-refractivity contribution in [2.24, 2.45) is 4.99 Å². The summed E-state index contributed by atoms with van der Waals surface area (Å²) in [5, 5.41) is 10.8. The Bertz CT molecular complexity index is 1080. The van der Waals surface area contributed by atoms with Crippen LogP contribution in [-0.4, -0.2) is 24.4 Å². The van der Waals surface area contributed by atoms with Crippen molar-refractivity contribution in [2.45, 2.75) is 20.5 Å². The van der Waals surface area contributed by atoms with Gasteiger partial charge in [-0.15, -0.1) is 0 Å². The number of hydrogen-bond donors (Lipinski definition) is 0. The van der Waals surface area contributed by atoms with Crippen LogP contribution in [0.25, 0.3) is 0 Å². The lowest BCUT2D eigenvalue weighted by molar-refractivity contribution is -0.384. The van der Waals surface area contributed by atoms with Gasteiger partial charge in [0.2, 0.25) is 0 Å². The van der Waals surface area contributed by atoms with Gasteiger partial charge in [-0.25, -0.2) is 0 Å². The minimum Gasteiger partial charge on any atom is -0.494 e. The van der Waals surface area contributed by atoms with Gasteiger partial charge in [-0.05, 0) is 96.1 Å². The second-order valence-electron chi connectivity index (χ2n) is 6.66. The van der Waals surface area contributed by atoms with Crippen LogP contribution < -0.4 is 14.2 Å². The van der Waals surface area contributed by atoms with E-state index in [9.17, 15) is 10.1 Å². The molecule has 3 rings (SSSR count). The van der Waals surface area contributed by atoms with E-state index in [2.05, 4.69) is 27.6 Å². The maximum absolute atomic E-state index is 10.8. The Kier molecular flexibility index (Phi) is 8.43. The van der Waals surface area contributed by atoms with E-state index in [4.69, 9.17) is 14.2 Å². The molecule has 0 atom stereocenters. The van der Waals surface area contributed by atoms with Gasteiger partial charge >= 0.3 is 0 Å². The zero-order valence-electron chi connectivity index (χ0n) is 17.8. The highest BCUT2D eigenvalue weighted by Crippen LogP contribution is 2.35. The molecule has 0 bridgehead atoms. The third-order valence-corrected chi connectivity index (χ3v) is 5.17. The highest BCUT2D eigenvalue weighted by atomic mass is 127. The predicted octanol–water partition coefficient (Wildman–Crippen LogP) is 6.33. The Morgan fingerprint density at radius 1 is 0.969 bits per heavy atom. The van der Waals surface area contributed by atoms with Crippen LogP contribution in [-0.2, 0) is 6.61 Å². The van der Waals surface area contributed by atoms with Crippen molar-refractivity contribution in [3.05, 3.63) is 85.5 Å². The Morgan fingerprint density at radius 3 is 2.28 bits per heavy atom. The van der Waals surface area contributed by atoms with Crippen molar-refractivity contribution >= 4 is 40.2 Å². The Labute approximate surface area is 200 Å². The number of benzene rings is 3. The molecule has 0 radical (unpaired) electrons. The van der Waals surface area contributed by atoms with Crippen LogP contribution in [0.4, 0.5) is 11.4 Å². The number of halogens is 1. The molecule has 3 aromatic carbocycles. The molecule has 0 saturated heterocycles. The van der Waals surface area contributed by atoms with Gasteiger partial charge in [-0.3, -0.25) is 15.1 Å². The smallest absolute Gasteiger partial charge is 0.269 e. The van der Waals surface area contributed by atoms with Crippen LogP contribution in [0.3, 0.4) is 0 Å². The van der Waals surface area contributed by atoms with Crippen LogP contribution in [0.1, 0.15) is 25.0 Å². The molecule has 0 spiro atoms. The Hall–Kier alpha value is -3.14. The summed E-state index contributed by atoms with van der Waals surface area (Å²) >= 11 is 2.20. The van der Waals surface area contributed by atoms with Crippen molar-refractivity contribution in [1.29, 1.82) is 0 Å². The molecule has 0 unspecified atom stereocenters. The fraction of sp³-hybridized carbons (Fsp3) is 0.208. The lowest BCUT2D eigenvalue weighted by Crippen LogP contribution is -2.02. The molecule has 0 amide bonds. The summed E-state index contributed by atoms with van der Waals surface area (Å²) in [7, 11) is 0. The zero-order valence-corrected chi connectivity index (χ0v) is 19.9. The molecule has 0 N–H and O–H groups in total. The molecular formula is C24H23IN2O5. The number of non-ortho nitro benzene ring substituents is 1. The van der Waals surface area contributed by atoms with E-state index in [1.807, 2.05) is 50.2 Å². The van der Waals surface area contributed by atoms with Crippen LogP contribution in [0, 0.1) is 13.7 Å². The second-order valence-corrected chi connectivity index (χ2v) is 7.82. The summed E-state index contributed by atoms with van der Waals surface area (Å²) < 4.78 is 18.1. The van der Waals surface area contributed by atoms with Crippen LogP contribution in [0.15, 0.2) is 65.7 Å². The van der Waals surface area contributed by atoms with Gasteiger partial charge < -0.3 is 14.2 Å². The summed E-state index contributed by atoms with van der Waals surface area (Å²) in [4.78, 5) is 14.9. The first-order valence-electron chi connectivity index (χ1n) is 10.1. The topological polar surface area (TPSA) is 83.2 Å². The summed E-state index contributed by atoms with van der Waals surface area (Å²) in [5.74, 6) is 2.06. The molecule has 0 aliphatic carbocycles. The minimum absolute atomic E-state index is 0.0505. The molecule has 0 aliphatic heterocycles. The quantitative estimate of drug-likeness (QED) is 0.129. The fourth-order valence-corrected chi connectivity index (χ4v) is 3.66. The van der Waals surface area contributed by atoms with Gasteiger partial charge in [0.15, 0.2) is 11.5 Å². The fourth-order valence-electron chi connectivity index (χ4n) is 2.88. The summed E-state index contributed by atoms with van der Waals surface area (Å²) in [6.07, 6.45) is 1.78. The van der Waals surface area contributed by atoms with E-state index in [-0.39, 0.29) is 12.3 Å². The summed E-state index contributed by atoms with van der Waals surface area (Å²) in [5.41, 5.74) is 2.58. The standard InChI is InChI=1S/C24H23IN2O5/c1-3-30-21-11-7-19(8-12-21)26-15-18-13-22(25)24(23(14-18)31-4-2)32-16-17-5-9-20(10-6-17)27(28)29/h5-15H,3-4,16H2,1-2H3. The predicted molar refractivity (Wildman–Crippen MR) is 133 cm³/mol. The van der Waals surface area contributed by atoms with E-state index in [0.29, 0.717) is 24.7 Å². The second kappa shape index (κ2) is 11.5. The zero-order chi connectivity index (χ0) is 22.9. The highest BCUT2D eigenvalue weighted by Gasteiger charge is 2.13. The third kappa shape index (κ3) is 6.43. The Balaban J connectivity index is 1.75. The average molecular weight is 546 g/mol. The average Bonchev–Trinajstić information content (AvgIpc) is 2.79. The van der Waals surface area contributed by atoms with Crippen molar-refractivity contribution in [2.75, 3.05) is 13.2 Å². The van der Waals surface area contributed by atoms with Gasteiger partial charge in [-0.2, -0.15) is 0 Å². The molecule has 7 nitrogen and oxygen atoms in total. The van der Waals surface area contributed by atoms with Crippen molar-refractivity contribution in [3.63, 3.8) is 0 Å². The first kappa shape index (κ1) is 23.5. The van der Waals surface area contributed by atoms with Crippen LogP contribution in [0.2, 0.25) is 0 Å². The molecule has 0 heterocycles. The van der Waals surface area contributed by atoms with Gasteiger partial charge in [0.25, 0.3) is 5.69 Å². The van der Waals surface area contributed by atoms with Gasteiger partial charge in [0.1, 0.15) is 12.4 Å². The number of nitrogens with zero attached hydrogens (tertiary/aromatic N) is 2. The van der Waals surface area contributed by atoms with Crippen molar-refractivity contribution in [3.8, 4) is 17.2 Å². The van der Waals surface area contributed by atoms with Crippen molar-refractivity contribution < 1.29 is 19.1 Å². The van der Waals surface area contributed by atoms with Crippen molar-refractivity contribution in [1.82, 2.24) is 0 Å². The number of nitro groups is 1. The van der Waals surface area contributed by atoms with Gasteiger partial charge in [0.05, 0.1) is 27.4 Å². The van der Waals surface area contributed by atoms with E-state index in [1.165, 1.54) is 12.1 Å². The van der Waals surface area contributed by atoms with E-state index in [0.717, 1.165) is 26.1 Å². The molecule has 3 aromatic rings. The largest absolute Gasteiger partial charge is 0.494 e. The first-order chi connectivity index (χ1) is 15.5. The molecule has 0 aromatic heterocycles. The maximum Gasteiger partial charge on any atom is 0.269 e. The number of ether oxygens (including phenoxy) is 3. The summed E-state index contributed by atoms with van der Waals surface area (Å²) in [6, 6.07) is 17.7. The highest BCUT2D eigenvalue weighted by molar-refractivity contribution is 14.1. The van der Waals surface area contributed by atoms with E-state index < -0.39 is 4.92 Å². The van der Waals surface area contributed by atoms with Gasteiger partial charge in [0, 0.05) is 18.3 Å². The summed E-state index contributed by atoms with van der Waals surface area (Å²) in [6.45, 7) is 5.24. The number of hydrogen-bond acceptors (Lipinski definition) is 6. The molecule has 32 heavy (non-hydrogen) atoms.